The number of hydrogen-bond donors (Lipinski definition) is 2. The molecule has 0 bridgehead atoms. The van der Waals surface area contributed by atoms with Crippen LogP contribution in [0.1, 0.15) is 0 Å². The molecule has 0 aliphatic carbocycles. The molecule has 0 aliphatic rings. The summed E-state index contributed by atoms with van der Waals surface area (Å²) in [5.41, 5.74) is 1.01. The summed E-state index contributed by atoms with van der Waals surface area (Å²) < 4.78 is 30.0. The van der Waals surface area contributed by atoms with Crippen molar-refractivity contribution in [3.8, 4) is 5.75 Å². The fraction of sp³-hybridized carbons (Fsp3) is 0.133. The van der Waals surface area contributed by atoms with Crippen molar-refractivity contribution in [2.45, 2.75) is 6.61 Å². The molecule has 7 heteroatoms. The maximum Gasteiger partial charge on any atom is 0.387 e. The quantitative estimate of drug-likeness (QED) is 0.699. The van der Waals surface area contributed by atoms with Gasteiger partial charge in [0.05, 0.1) is 12.2 Å². The third-order valence-corrected chi connectivity index (χ3v) is 3.32. The lowest BCUT2D eigenvalue weighted by molar-refractivity contribution is -0.114. The van der Waals surface area contributed by atoms with E-state index in [0.29, 0.717) is 11.4 Å². The first-order chi connectivity index (χ1) is 10.5. The van der Waals surface area contributed by atoms with Gasteiger partial charge in [0.25, 0.3) is 0 Å². The Morgan fingerprint density at radius 3 is 2.68 bits per heavy atom. The van der Waals surface area contributed by atoms with Crippen LogP contribution in [0.4, 0.5) is 20.2 Å². The highest BCUT2D eigenvalue weighted by molar-refractivity contribution is 14.1. The standard InChI is InChI=1S/C15H13F2IN2O2/c16-15(17)22-13-7-2-1-6-12(13)19-9-14(21)20-11-5-3-4-10(18)8-11/h1-8,15,19H,9H2,(H,20,21). The number of para-hydroxylation sites is 2. The summed E-state index contributed by atoms with van der Waals surface area (Å²) in [4.78, 5) is 11.9. The van der Waals surface area contributed by atoms with Crippen LogP contribution in [-0.2, 0) is 4.79 Å². The van der Waals surface area contributed by atoms with Crippen molar-refractivity contribution in [3.63, 3.8) is 0 Å². The summed E-state index contributed by atoms with van der Waals surface area (Å²) in [6.07, 6.45) is 0. The molecule has 0 aromatic heterocycles. The van der Waals surface area contributed by atoms with E-state index in [9.17, 15) is 13.6 Å². The molecule has 0 fully saturated rings. The SMILES string of the molecule is O=C(CNc1ccccc1OC(F)F)Nc1cccc(I)c1. The van der Waals surface area contributed by atoms with E-state index in [1.54, 1.807) is 24.3 Å². The number of ether oxygens (including phenoxy) is 1. The van der Waals surface area contributed by atoms with Crippen LogP contribution in [0.2, 0.25) is 0 Å². The maximum absolute atomic E-state index is 12.3. The van der Waals surface area contributed by atoms with Gasteiger partial charge in [0.2, 0.25) is 5.91 Å². The van der Waals surface area contributed by atoms with Crippen molar-refractivity contribution in [2.24, 2.45) is 0 Å². The summed E-state index contributed by atoms with van der Waals surface area (Å²) in [6.45, 7) is -2.97. The normalized spacial score (nSPS) is 10.4. The Kier molecular flexibility index (Phi) is 5.93. The topological polar surface area (TPSA) is 50.4 Å². The largest absolute Gasteiger partial charge is 0.433 e. The molecule has 4 nitrogen and oxygen atoms in total. The van der Waals surface area contributed by atoms with E-state index < -0.39 is 6.61 Å². The monoisotopic (exact) mass is 418 g/mol. The average molecular weight is 418 g/mol. The third kappa shape index (κ3) is 5.14. The number of alkyl halides is 2. The van der Waals surface area contributed by atoms with Crippen LogP contribution in [0.5, 0.6) is 5.75 Å². The zero-order valence-corrected chi connectivity index (χ0v) is 13.5. The van der Waals surface area contributed by atoms with E-state index in [1.807, 2.05) is 18.2 Å². The molecule has 0 heterocycles. The molecule has 1 amide bonds. The average Bonchev–Trinajstić information content (AvgIpc) is 2.46. The third-order valence-electron chi connectivity index (χ3n) is 2.65. The summed E-state index contributed by atoms with van der Waals surface area (Å²) in [5.74, 6) is -0.284. The molecule has 2 rings (SSSR count). The van der Waals surface area contributed by atoms with Crippen molar-refractivity contribution in [1.82, 2.24) is 0 Å². The fourth-order valence-electron chi connectivity index (χ4n) is 1.76. The molecule has 0 saturated carbocycles. The van der Waals surface area contributed by atoms with Crippen molar-refractivity contribution in [2.75, 3.05) is 17.2 Å². The highest BCUT2D eigenvalue weighted by Gasteiger charge is 2.10. The van der Waals surface area contributed by atoms with Crippen LogP contribution >= 0.6 is 22.6 Å². The molecule has 0 radical (unpaired) electrons. The zero-order chi connectivity index (χ0) is 15.9. The molecule has 0 atom stereocenters. The minimum absolute atomic E-state index is 0.000408. The van der Waals surface area contributed by atoms with Crippen LogP contribution in [0, 0.1) is 3.57 Å². The minimum Gasteiger partial charge on any atom is -0.433 e. The van der Waals surface area contributed by atoms with Gasteiger partial charge in [0, 0.05) is 9.26 Å². The number of rotatable bonds is 6. The predicted molar refractivity (Wildman–Crippen MR) is 89.4 cm³/mol. The first-order valence-corrected chi connectivity index (χ1v) is 7.45. The van der Waals surface area contributed by atoms with E-state index in [-0.39, 0.29) is 18.2 Å². The van der Waals surface area contributed by atoms with Crippen LogP contribution in [0.15, 0.2) is 48.5 Å². The van der Waals surface area contributed by atoms with E-state index in [4.69, 9.17) is 0 Å². The number of hydrogen-bond acceptors (Lipinski definition) is 3. The van der Waals surface area contributed by atoms with E-state index in [2.05, 4.69) is 38.0 Å². The van der Waals surface area contributed by atoms with Crippen molar-refractivity contribution >= 4 is 39.9 Å². The molecule has 0 saturated heterocycles. The smallest absolute Gasteiger partial charge is 0.387 e. The van der Waals surface area contributed by atoms with Crippen LogP contribution in [0.3, 0.4) is 0 Å². The molecule has 0 unspecified atom stereocenters. The first-order valence-electron chi connectivity index (χ1n) is 6.38. The van der Waals surface area contributed by atoms with Crippen molar-refractivity contribution < 1.29 is 18.3 Å². The molecule has 0 aliphatic heterocycles. The van der Waals surface area contributed by atoms with Gasteiger partial charge in [-0.1, -0.05) is 18.2 Å². The molecular weight excluding hydrogens is 405 g/mol. The fourth-order valence-corrected chi connectivity index (χ4v) is 2.30. The Balaban J connectivity index is 1.94. The molecule has 2 aromatic carbocycles. The summed E-state index contributed by atoms with van der Waals surface area (Å²) in [5, 5.41) is 5.50. The van der Waals surface area contributed by atoms with Crippen molar-refractivity contribution in [1.29, 1.82) is 0 Å². The van der Waals surface area contributed by atoms with Crippen LogP contribution < -0.4 is 15.4 Å². The Labute approximate surface area is 140 Å². The maximum atomic E-state index is 12.3. The predicted octanol–water partition coefficient (Wildman–Crippen LogP) is 3.94. The molecule has 2 N–H and O–H groups in total. The van der Waals surface area contributed by atoms with Gasteiger partial charge in [-0.25, -0.2) is 0 Å². The second-order valence-electron chi connectivity index (χ2n) is 4.29. The van der Waals surface area contributed by atoms with Crippen LogP contribution in [-0.4, -0.2) is 19.1 Å². The van der Waals surface area contributed by atoms with Gasteiger partial charge in [0.15, 0.2) is 0 Å². The number of carbonyl (C=O) groups is 1. The molecule has 116 valence electrons. The number of anilines is 2. The zero-order valence-electron chi connectivity index (χ0n) is 11.4. The Morgan fingerprint density at radius 2 is 1.95 bits per heavy atom. The lowest BCUT2D eigenvalue weighted by atomic mass is 10.3. The van der Waals surface area contributed by atoms with E-state index in [0.717, 1.165) is 3.57 Å². The Bertz CT molecular complexity index is 653. The first kappa shape index (κ1) is 16.5. The van der Waals surface area contributed by atoms with Gasteiger partial charge in [-0.2, -0.15) is 8.78 Å². The highest BCUT2D eigenvalue weighted by atomic mass is 127. The number of benzene rings is 2. The summed E-state index contributed by atoms with van der Waals surface area (Å²) >= 11 is 2.14. The molecule has 22 heavy (non-hydrogen) atoms. The summed E-state index contributed by atoms with van der Waals surface area (Å²) in [6, 6.07) is 13.6. The summed E-state index contributed by atoms with van der Waals surface area (Å²) in [7, 11) is 0. The Hall–Kier alpha value is -1.90. The van der Waals surface area contributed by atoms with Gasteiger partial charge in [0.1, 0.15) is 5.75 Å². The van der Waals surface area contributed by atoms with Gasteiger partial charge in [-0.05, 0) is 52.9 Å². The van der Waals surface area contributed by atoms with E-state index >= 15 is 0 Å². The number of carbonyl (C=O) groups excluding carboxylic acids is 1. The molecular formula is C15H13F2IN2O2. The van der Waals surface area contributed by atoms with Gasteiger partial charge in [-0.3, -0.25) is 4.79 Å². The Morgan fingerprint density at radius 1 is 1.18 bits per heavy atom. The number of amides is 1. The van der Waals surface area contributed by atoms with E-state index in [1.165, 1.54) is 6.07 Å². The van der Waals surface area contributed by atoms with Gasteiger partial charge >= 0.3 is 6.61 Å². The number of halogens is 3. The highest BCUT2D eigenvalue weighted by Crippen LogP contribution is 2.25. The second kappa shape index (κ2) is 7.92. The molecule has 2 aromatic rings. The lowest BCUT2D eigenvalue weighted by Gasteiger charge is -2.12. The lowest BCUT2D eigenvalue weighted by Crippen LogP contribution is -2.22. The molecule has 0 spiro atoms. The number of nitrogens with one attached hydrogen (secondary N) is 2. The van der Waals surface area contributed by atoms with Crippen LogP contribution in [0.25, 0.3) is 0 Å². The minimum atomic E-state index is -2.91. The second-order valence-corrected chi connectivity index (χ2v) is 5.53. The van der Waals surface area contributed by atoms with Gasteiger partial charge in [-0.15, -0.1) is 0 Å². The van der Waals surface area contributed by atoms with Crippen molar-refractivity contribution in [3.05, 3.63) is 52.1 Å². The van der Waals surface area contributed by atoms with Gasteiger partial charge < -0.3 is 15.4 Å².